The molecule has 0 aliphatic carbocycles. The van der Waals surface area contributed by atoms with E-state index in [-0.39, 0.29) is 11.2 Å². The molecule has 1 saturated heterocycles. The fourth-order valence-electron chi connectivity index (χ4n) is 1.98. The Balaban J connectivity index is 2.81. The Morgan fingerprint density at radius 2 is 2.07 bits per heavy atom. The van der Waals surface area contributed by atoms with Crippen LogP contribution in [0.2, 0.25) is 0 Å². The van der Waals surface area contributed by atoms with Gasteiger partial charge in [-0.15, -0.1) is 0 Å². The normalized spacial score (nSPS) is 27.7. The Bertz CT molecular complexity index is 271. The van der Waals surface area contributed by atoms with Crippen LogP contribution < -0.4 is 10.9 Å². The van der Waals surface area contributed by atoms with Crippen LogP contribution in [-0.2, 0) is 0 Å². The molecule has 1 aliphatic heterocycles. The molecule has 0 spiro atoms. The number of nitrogens with one attached hydrogen (secondary N) is 2. The number of nitrogens with zero attached hydrogens (tertiary/aromatic N) is 2. The summed E-state index contributed by atoms with van der Waals surface area (Å²) in [7, 11) is 3.84. The molecule has 0 aromatic rings. The maximum absolute atomic E-state index is 9.04. The van der Waals surface area contributed by atoms with E-state index < -0.39 is 0 Å². The van der Waals surface area contributed by atoms with Crippen LogP contribution in [0.3, 0.4) is 0 Å². The molecule has 1 fully saturated rings. The van der Waals surface area contributed by atoms with Gasteiger partial charge in [-0.1, -0.05) is 0 Å². The topological polar surface area (TPSA) is 50.8 Å². The van der Waals surface area contributed by atoms with Crippen molar-refractivity contribution >= 4 is 17.3 Å². The van der Waals surface area contributed by atoms with Crippen LogP contribution in [0.25, 0.3) is 0 Å². The lowest BCUT2D eigenvalue weighted by Crippen LogP contribution is -2.55. The van der Waals surface area contributed by atoms with Crippen molar-refractivity contribution < 1.29 is 5.21 Å². The molecular formula is C9H20N4OS. The minimum atomic E-state index is -0.364. The summed E-state index contributed by atoms with van der Waals surface area (Å²) in [6, 6.07) is 0. The second kappa shape index (κ2) is 3.86. The van der Waals surface area contributed by atoms with E-state index in [2.05, 4.69) is 17.8 Å². The molecule has 0 aromatic carbocycles. The molecule has 0 aromatic heterocycles. The van der Waals surface area contributed by atoms with Gasteiger partial charge >= 0.3 is 0 Å². The zero-order chi connectivity index (χ0) is 11.9. The molecule has 3 N–H and O–H groups in total. The van der Waals surface area contributed by atoms with Crippen LogP contribution in [0, 0.1) is 0 Å². The van der Waals surface area contributed by atoms with Gasteiger partial charge in [0.25, 0.3) is 0 Å². The zero-order valence-corrected chi connectivity index (χ0v) is 10.8. The van der Waals surface area contributed by atoms with Crippen molar-refractivity contribution in [2.75, 3.05) is 14.1 Å². The second-order valence-electron chi connectivity index (χ2n) is 4.96. The van der Waals surface area contributed by atoms with Crippen LogP contribution in [0.15, 0.2) is 0 Å². The lowest BCUT2D eigenvalue weighted by atomic mass is 9.92. The van der Waals surface area contributed by atoms with E-state index in [1.54, 1.807) is 0 Å². The van der Waals surface area contributed by atoms with Crippen LogP contribution in [0.5, 0.6) is 0 Å². The molecule has 5 nitrogen and oxygen atoms in total. The van der Waals surface area contributed by atoms with Gasteiger partial charge < -0.3 is 10.1 Å². The predicted octanol–water partition coefficient (Wildman–Crippen LogP) is 0.517. The molecule has 1 aliphatic rings. The number of hydrazine groups is 1. The van der Waals surface area contributed by atoms with E-state index >= 15 is 0 Å². The van der Waals surface area contributed by atoms with E-state index in [9.17, 15) is 0 Å². The van der Waals surface area contributed by atoms with Crippen LogP contribution in [-0.4, -0.2) is 45.5 Å². The minimum Gasteiger partial charge on any atom is -0.331 e. The second-order valence-corrected chi connectivity index (χ2v) is 5.32. The van der Waals surface area contributed by atoms with Gasteiger partial charge in [0, 0.05) is 26.1 Å². The minimum absolute atomic E-state index is 0.273. The van der Waals surface area contributed by atoms with Crippen molar-refractivity contribution in [2.45, 2.75) is 38.4 Å². The first-order valence-corrected chi connectivity index (χ1v) is 5.33. The standard InChI is InChI=1S/C9H20N4OS/c1-8(2,11-14)6-9(3)10-13(5)7(15)12(9)4/h10-11,14H,6H2,1-5H3. The predicted molar refractivity (Wildman–Crippen MR) is 63.3 cm³/mol. The van der Waals surface area contributed by atoms with Crippen LogP contribution >= 0.6 is 12.2 Å². The molecule has 0 bridgehead atoms. The summed E-state index contributed by atoms with van der Waals surface area (Å²) in [5, 5.41) is 11.6. The number of hydrogen-bond acceptors (Lipinski definition) is 4. The molecule has 1 unspecified atom stereocenters. The quantitative estimate of drug-likeness (QED) is 0.487. The first-order chi connectivity index (χ1) is 6.72. The molecule has 1 atom stereocenters. The molecule has 15 heavy (non-hydrogen) atoms. The van der Waals surface area contributed by atoms with Gasteiger partial charge in [0.15, 0.2) is 5.11 Å². The van der Waals surface area contributed by atoms with E-state index in [0.717, 1.165) is 11.5 Å². The summed E-state index contributed by atoms with van der Waals surface area (Å²) < 4.78 is 0. The van der Waals surface area contributed by atoms with Crippen molar-refractivity contribution in [1.82, 2.24) is 20.8 Å². The van der Waals surface area contributed by atoms with Gasteiger partial charge in [-0.05, 0) is 33.0 Å². The third kappa shape index (κ3) is 2.39. The largest absolute Gasteiger partial charge is 0.331 e. The van der Waals surface area contributed by atoms with Crippen LogP contribution in [0.1, 0.15) is 27.2 Å². The molecule has 88 valence electrons. The maximum atomic E-state index is 9.04. The summed E-state index contributed by atoms with van der Waals surface area (Å²) in [6.45, 7) is 5.94. The SMILES string of the molecule is CN1NC(C)(CC(C)(C)NO)N(C)C1=S. The Morgan fingerprint density at radius 3 is 2.40 bits per heavy atom. The van der Waals surface area contributed by atoms with Gasteiger partial charge in [-0.2, -0.15) is 5.48 Å². The summed E-state index contributed by atoms with van der Waals surface area (Å²) in [5.74, 6) is 0. The number of thiocarbonyl (C=S) groups is 1. The maximum Gasteiger partial charge on any atom is 0.187 e. The van der Waals surface area contributed by atoms with Gasteiger partial charge in [0.1, 0.15) is 5.66 Å². The van der Waals surface area contributed by atoms with E-state index in [4.69, 9.17) is 17.4 Å². The van der Waals surface area contributed by atoms with Crippen LogP contribution in [0.4, 0.5) is 0 Å². The lowest BCUT2D eigenvalue weighted by molar-refractivity contribution is 0.0345. The number of rotatable bonds is 3. The highest BCUT2D eigenvalue weighted by molar-refractivity contribution is 7.80. The average molecular weight is 232 g/mol. The Kier molecular flexibility index (Phi) is 3.25. The highest BCUT2D eigenvalue weighted by atomic mass is 32.1. The smallest absolute Gasteiger partial charge is 0.187 e. The van der Waals surface area contributed by atoms with Gasteiger partial charge in [-0.25, -0.2) is 5.43 Å². The van der Waals surface area contributed by atoms with Crippen molar-refractivity contribution in [2.24, 2.45) is 0 Å². The highest BCUT2D eigenvalue weighted by Crippen LogP contribution is 2.27. The Labute approximate surface area is 96.3 Å². The Morgan fingerprint density at radius 1 is 1.53 bits per heavy atom. The third-order valence-corrected chi connectivity index (χ3v) is 3.36. The summed E-state index contributed by atoms with van der Waals surface area (Å²) in [4.78, 5) is 2.00. The monoisotopic (exact) mass is 232 g/mol. The number of hydrogen-bond donors (Lipinski definition) is 3. The molecule has 1 heterocycles. The fourth-order valence-corrected chi connectivity index (χ4v) is 2.23. The summed E-state index contributed by atoms with van der Waals surface area (Å²) >= 11 is 5.25. The zero-order valence-electron chi connectivity index (χ0n) is 9.96. The van der Waals surface area contributed by atoms with Crippen molar-refractivity contribution in [1.29, 1.82) is 0 Å². The molecule has 1 rings (SSSR count). The molecule has 6 heteroatoms. The number of hydroxylamine groups is 1. The first kappa shape index (κ1) is 12.6. The molecule has 0 saturated carbocycles. The van der Waals surface area contributed by atoms with Crippen molar-refractivity contribution in [3.63, 3.8) is 0 Å². The average Bonchev–Trinajstić information content (AvgIpc) is 2.30. The molecule has 0 amide bonds. The van der Waals surface area contributed by atoms with Crippen molar-refractivity contribution in [3.8, 4) is 0 Å². The van der Waals surface area contributed by atoms with E-state index in [1.807, 2.05) is 37.9 Å². The molecule has 0 radical (unpaired) electrons. The van der Waals surface area contributed by atoms with Gasteiger partial charge in [0.05, 0.1) is 0 Å². The first-order valence-electron chi connectivity index (χ1n) is 4.92. The Hall–Kier alpha value is -0.430. The van der Waals surface area contributed by atoms with E-state index in [0.29, 0.717) is 0 Å². The summed E-state index contributed by atoms with van der Waals surface area (Å²) in [5.41, 5.74) is 4.97. The summed E-state index contributed by atoms with van der Waals surface area (Å²) in [6.07, 6.45) is 0.720. The van der Waals surface area contributed by atoms with Gasteiger partial charge in [-0.3, -0.25) is 5.01 Å². The fraction of sp³-hybridized carbons (Fsp3) is 0.889. The highest BCUT2D eigenvalue weighted by Gasteiger charge is 2.43. The van der Waals surface area contributed by atoms with Gasteiger partial charge in [0.2, 0.25) is 0 Å². The molecular weight excluding hydrogens is 212 g/mol. The van der Waals surface area contributed by atoms with E-state index in [1.165, 1.54) is 0 Å². The van der Waals surface area contributed by atoms with Crippen molar-refractivity contribution in [3.05, 3.63) is 0 Å². The lowest BCUT2D eigenvalue weighted by Gasteiger charge is -2.37. The third-order valence-electron chi connectivity index (χ3n) is 2.81.